The van der Waals surface area contributed by atoms with Gasteiger partial charge in [-0.2, -0.15) is 0 Å². The van der Waals surface area contributed by atoms with E-state index in [1.54, 1.807) is 0 Å². The molecule has 0 amide bonds. The number of hydrogen-bond acceptors (Lipinski definition) is 2. The molecule has 0 aliphatic carbocycles. The van der Waals surface area contributed by atoms with Crippen molar-refractivity contribution in [1.82, 2.24) is 14.5 Å². The van der Waals surface area contributed by atoms with E-state index < -0.39 is 0 Å². The first-order valence-electron chi connectivity index (χ1n) is 17.4. The second kappa shape index (κ2) is 10.8. The Morgan fingerprint density at radius 3 is 1.82 bits per heavy atom. The number of hydrogen-bond donors (Lipinski definition) is 0. The lowest BCUT2D eigenvalue weighted by Gasteiger charge is -2.15. The molecule has 9 aromatic carbocycles. The van der Waals surface area contributed by atoms with Crippen LogP contribution in [0.3, 0.4) is 0 Å². The molecule has 0 aliphatic rings. The summed E-state index contributed by atoms with van der Waals surface area (Å²) in [5.41, 5.74) is 7.58. The van der Waals surface area contributed by atoms with Gasteiger partial charge in [-0.3, -0.25) is 0 Å². The molecule has 0 saturated heterocycles. The van der Waals surface area contributed by atoms with Crippen LogP contribution in [-0.2, 0) is 0 Å². The minimum Gasteiger partial charge on any atom is -0.309 e. The maximum absolute atomic E-state index is 5.30. The summed E-state index contributed by atoms with van der Waals surface area (Å²) in [6, 6.07) is 63.1. The lowest BCUT2D eigenvalue weighted by Crippen LogP contribution is -1.96. The highest BCUT2D eigenvalue weighted by molar-refractivity contribution is 6.35. The van der Waals surface area contributed by atoms with E-state index in [1.807, 2.05) is 0 Å². The molecular weight excluding hydrogens is 619 g/mol. The minimum atomic E-state index is 0.727. The summed E-state index contributed by atoms with van der Waals surface area (Å²) >= 11 is 0. The largest absolute Gasteiger partial charge is 0.309 e. The van der Waals surface area contributed by atoms with Crippen molar-refractivity contribution < 1.29 is 0 Å². The van der Waals surface area contributed by atoms with Crippen LogP contribution in [0.15, 0.2) is 176 Å². The average Bonchev–Trinajstić information content (AvgIpc) is 3.55. The predicted octanol–water partition coefficient (Wildman–Crippen LogP) is 12.7. The van der Waals surface area contributed by atoms with Gasteiger partial charge < -0.3 is 4.57 Å². The van der Waals surface area contributed by atoms with Crippen molar-refractivity contribution in [2.24, 2.45) is 0 Å². The van der Waals surface area contributed by atoms with E-state index in [2.05, 4.69) is 180 Å². The molecule has 0 bridgehead atoms. The molecule has 0 spiro atoms. The molecule has 0 radical (unpaired) electrons. The molecule has 3 nitrogen and oxygen atoms in total. The third kappa shape index (κ3) is 4.12. The van der Waals surface area contributed by atoms with E-state index in [0.717, 1.165) is 44.6 Å². The fourth-order valence-corrected chi connectivity index (χ4v) is 8.31. The van der Waals surface area contributed by atoms with E-state index in [0.29, 0.717) is 0 Å². The van der Waals surface area contributed by atoms with Crippen LogP contribution in [0.4, 0.5) is 0 Å². The Bertz CT molecular complexity index is 3160. The number of rotatable bonds is 3. The van der Waals surface area contributed by atoms with Crippen LogP contribution in [0.25, 0.3) is 104 Å². The molecule has 0 aliphatic heterocycles. The topological polar surface area (TPSA) is 30.7 Å². The normalized spacial score (nSPS) is 11.9. The third-order valence-electron chi connectivity index (χ3n) is 10.5. The summed E-state index contributed by atoms with van der Waals surface area (Å²) in [5, 5.41) is 13.3. The van der Waals surface area contributed by atoms with Crippen LogP contribution in [0, 0.1) is 0 Å². The van der Waals surface area contributed by atoms with Gasteiger partial charge in [-0.05, 0) is 68.7 Å². The average molecular weight is 648 g/mol. The van der Waals surface area contributed by atoms with Gasteiger partial charge in [0.05, 0.1) is 22.2 Å². The first-order chi connectivity index (χ1) is 25.3. The lowest BCUT2D eigenvalue weighted by atomic mass is 9.91. The monoisotopic (exact) mass is 647 g/mol. The third-order valence-corrected chi connectivity index (χ3v) is 10.5. The molecule has 0 N–H and O–H groups in total. The number of nitrogens with zero attached hydrogens (tertiary/aromatic N) is 3. The maximum Gasteiger partial charge on any atom is 0.160 e. The fourth-order valence-electron chi connectivity index (χ4n) is 8.31. The van der Waals surface area contributed by atoms with Crippen LogP contribution in [0.1, 0.15) is 0 Å². The van der Waals surface area contributed by atoms with E-state index in [4.69, 9.17) is 9.97 Å². The second-order valence-corrected chi connectivity index (χ2v) is 13.3. The Kier molecular flexibility index (Phi) is 5.96. The molecule has 236 valence electrons. The van der Waals surface area contributed by atoms with E-state index in [9.17, 15) is 0 Å². The Hall–Kier alpha value is -6.84. The zero-order valence-electron chi connectivity index (χ0n) is 27.6. The van der Waals surface area contributed by atoms with Crippen molar-refractivity contribution in [2.45, 2.75) is 0 Å². The number of aromatic nitrogens is 3. The Balaban J connectivity index is 1.22. The van der Waals surface area contributed by atoms with Crippen molar-refractivity contribution in [3.8, 4) is 28.3 Å². The smallest absolute Gasteiger partial charge is 0.160 e. The Morgan fingerprint density at radius 2 is 0.980 bits per heavy atom. The summed E-state index contributed by atoms with van der Waals surface area (Å²) in [6.45, 7) is 0. The van der Waals surface area contributed by atoms with Gasteiger partial charge in [0.25, 0.3) is 0 Å². The standard InChI is InChI=1S/C48H29N3/c1-3-14-31(15-4-1)46-40-26-23-30-13-7-8-18-34(30)47(40)50-48(49-46)32-24-25-36-38-27-28-43-45(44(38)37-20-10-9-19-35(37)41(36)29-32)39-21-11-12-22-42(39)51(43)33-16-5-2-6-17-33/h1-29H. The molecule has 0 atom stereocenters. The number of benzene rings is 9. The zero-order valence-corrected chi connectivity index (χ0v) is 27.6. The van der Waals surface area contributed by atoms with Gasteiger partial charge in [-0.1, -0.05) is 140 Å². The van der Waals surface area contributed by atoms with Gasteiger partial charge in [0, 0.05) is 43.7 Å². The number of para-hydroxylation sites is 2. The predicted molar refractivity (Wildman–Crippen MR) is 215 cm³/mol. The van der Waals surface area contributed by atoms with Crippen molar-refractivity contribution in [3.05, 3.63) is 176 Å². The SMILES string of the molecule is c1ccc(-c2nc(-c3ccc4c(c3)c3ccccc3c3c4ccc4c3c3ccccc3n4-c3ccccc3)nc3c2ccc2ccccc23)cc1. The highest BCUT2D eigenvalue weighted by Crippen LogP contribution is 2.44. The first-order valence-corrected chi connectivity index (χ1v) is 17.4. The van der Waals surface area contributed by atoms with E-state index >= 15 is 0 Å². The molecule has 51 heavy (non-hydrogen) atoms. The summed E-state index contributed by atoms with van der Waals surface area (Å²) in [4.78, 5) is 10.6. The van der Waals surface area contributed by atoms with Gasteiger partial charge in [-0.25, -0.2) is 9.97 Å². The lowest BCUT2D eigenvalue weighted by molar-refractivity contribution is 1.18. The second-order valence-electron chi connectivity index (χ2n) is 13.3. The van der Waals surface area contributed by atoms with Crippen LogP contribution in [-0.4, -0.2) is 14.5 Å². The molecule has 2 aromatic heterocycles. The summed E-state index contributed by atoms with van der Waals surface area (Å²) in [7, 11) is 0. The molecule has 2 heterocycles. The maximum atomic E-state index is 5.30. The summed E-state index contributed by atoms with van der Waals surface area (Å²) < 4.78 is 2.40. The van der Waals surface area contributed by atoms with E-state index in [-0.39, 0.29) is 0 Å². The van der Waals surface area contributed by atoms with Gasteiger partial charge in [0.15, 0.2) is 5.82 Å². The fraction of sp³-hybridized carbons (Fsp3) is 0. The van der Waals surface area contributed by atoms with Crippen molar-refractivity contribution in [2.75, 3.05) is 0 Å². The van der Waals surface area contributed by atoms with Crippen molar-refractivity contribution >= 4 is 75.8 Å². The molecule has 11 rings (SSSR count). The highest BCUT2D eigenvalue weighted by Gasteiger charge is 2.20. The van der Waals surface area contributed by atoms with Crippen LogP contribution < -0.4 is 0 Å². The summed E-state index contributed by atoms with van der Waals surface area (Å²) in [6.07, 6.45) is 0. The molecule has 3 heteroatoms. The molecule has 11 aromatic rings. The van der Waals surface area contributed by atoms with Crippen LogP contribution in [0.2, 0.25) is 0 Å². The van der Waals surface area contributed by atoms with Gasteiger partial charge in [0.1, 0.15) is 0 Å². The zero-order chi connectivity index (χ0) is 33.5. The van der Waals surface area contributed by atoms with Crippen LogP contribution in [0.5, 0.6) is 0 Å². The number of fused-ring (bicyclic) bond motifs is 13. The van der Waals surface area contributed by atoms with Crippen molar-refractivity contribution in [3.63, 3.8) is 0 Å². The van der Waals surface area contributed by atoms with Gasteiger partial charge in [0.2, 0.25) is 0 Å². The minimum absolute atomic E-state index is 0.727. The van der Waals surface area contributed by atoms with Crippen LogP contribution >= 0.6 is 0 Å². The summed E-state index contributed by atoms with van der Waals surface area (Å²) in [5.74, 6) is 0.727. The van der Waals surface area contributed by atoms with Gasteiger partial charge >= 0.3 is 0 Å². The highest BCUT2D eigenvalue weighted by atomic mass is 15.0. The van der Waals surface area contributed by atoms with E-state index in [1.165, 1.54) is 59.5 Å². The molecule has 0 unspecified atom stereocenters. The molecule has 0 fully saturated rings. The quantitative estimate of drug-likeness (QED) is 0.179. The molecular formula is C48H29N3. The van der Waals surface area contributed by atoms with Crippen molar-refractivity contribution in [1.29, 1.82) is 0 Å². The Morgan fingerprint density at radius 1 is 0.353 bits per heavy atom. The Labute approximate surface area is 293 Å². The van der Waals surface area contributed by atoms with Gasteiger partial charge in [-0.15, -0.1) is 0 Å². The first kappa shape index (κ1) is 28.0. The molecule has 0 saturated carbocycles.